The molecule has 4 nitrogen and oxygen atoms in total. The molecule has 1 fully saturated rings. The maximum Gasteiger partial charge on any atom is 0.304 e. The van der Waals surface area contributed by atoms with Crippen LogP contribution in [0, 0.1) is 6.92 Å². The monoisotopic (exact) mass is 254 g/mol. The number of hydrogen-bond acceptors (Lipinski definition) is 4. The van der Waals surface area contributed by atoms with Gasteiger partial charge in [-0.3, -0.25) is 9.69 Å². The molecule has 0 amide bonds. The van der Waals surface area contributed by atoms with E-state index in [2.05, 4.69) is 15.3 Å². The molecule has 1 aromatic rings. The molecule has 17 heavy (non-hydrogen) atoms. The normalized spacial score (nSPS) is 21.6. The Morgan fingerprint density at radius 2 is 2.47 bits per heavy atom. The van der Waals surface area contributed by atoms with Crippen LogP contribution in [0.3, 0.4) is 0 Å². The Kier molecular flexibility index (Phi) is 4.12. The molecule has 1 atom stereocenters. The summed E-state index contributed by atoms with van der Waals surface area (Å²) in [6, 6.07) is 0.335. The molecular weight excluding hydrogens is 236 g/mol. The van der Waals surface area contributed by atoms with E-state index < -0.39 is 5.97 Å². The van der Waals surface area contributed by atoms with Crippen LogP contribution in [0.1, 0.15) is 42.4 Å². The minimum Gasteiger partial charge on any atom is -0.481 e. The number of hydrogen-bond donors (Lipinski definition) is 1. The van der Waals surface area contributed by atoms with E-state index >= 15 is 0 Å². The fourth-order valence-corrected chi connectivity index (χ4v) is 3.27. The van der Waals surface area contributed by atoms with E-state index in [4.69, 9.17) is 5.11 Å². The van der Waals surface area contributed by atoms with Gasteiger partial charge >= 0.3 is 5.97 Å². The van der Waals surface area contributed by atoms with Crippen LogP contribution in [-0.4, -0.2) is 34.0 Å². The number of likely N-dealkylation sites (tertiary alicyclic amines) is 1. The maximum atomic E-state index is 10.6. The third-order valence-corrected chi connectivity index (χ3v) is 4.21. The number of carboxylic acids is 1. The number of aliphatic carboxylic acids is 1. The van der Waals surface area contributed by atoms with Crippen LogP contribution in [0.15, 0.2) is 5.38 Å². The van der Waals surface area contributed by atoms with Crippen molar-refractivity contribution in [3.63, 3.8) is 0 Å². The molecule has 0 aliphatic carbocycles. The van der Waals surface area contributed by atoms with Crippen molar-refractivity contribution in [3.05, 3.63) is 16.1 Å². The number of carboxylic acid groups (broad SMARTS) is 1. The Morgan fingerprint density at radius 1 is 1.65 bits per heavy atom. The largest absolute Gasteiger partial charge is 0.481 e. The van der Waals surface area contributed by atoms with Gasteiger partial charge in [-0.05, 0) is 26.3 Å². The fraction of sp³-hybridized carbons (Fsp3) is 0.667. The number of aromatic nitrogens is 1. The van der Waals surface area contributed by atoms with Gasteiger partial charge in [0.2, 0.25) is 0 Å². The van der Waals surface area contributed by atoms with Crippen molar-refractivity contribution in [2.45, 2.75) is 38.6 Å². The van der Waals surface area contributed by atoms with Crippen LogP contribution in [-0.2, 0) is 4.79 Å². The van der Waals surface area contributed by atoms with Gasteiger partial charge in [-0.15, -0.1) is 11.3 Å². The second kappa shape index (κ2) is 5.60. The third-order valence-electron chi connectivity index (χ3n) is 3.15. The Hall–Kier alpha value is -0.940. The minimum absolute atomic E-state index is 0.223. The highest BCUT2D eigenvalue weighted by Crippen LogP contribution is 2.32. The van der Waals surface area contributed by atoms with Crippen LogP contribution in [0.25, 0.3) is 0 Å². The van der Waals surface area contributed by atoms with Gasteiger partial charge in [0.25, 0.3) is 0 Å². The number of rotatable bonds is 4. The molecule has 0 saturated carbocycles. The first-order valence-electron chi connectivity index (χ1n) is 6.04. The lowest BCUT2D eigenvalue weighted by Gasteiger charge is -2.34. The van der Waals surface area contributed by atoms with Gasteiger partial charge in [-0.25, -0.2) is 4.98 Å². The van der Waals surface area contributed by atoms with Crippen molar-refractivity contribution in [3.8, 4) is 0 Å². The lowest BCUT2D eigenvalue weighted by atomic mass is 10.0. The van der Waals surface area contributed by atoms with Crippen molar-refractivity contribution in [2.75, 3.05) is 13.1 Å². The van der Waals surface area contributed by atoms with E-state index in [1.807, 2.05) is 6.92 Å². The quantitative estimate of drug-likeness (QED) is 0.896. The highest BCUT2D eigenvalue weighted by atomic mass is 32.1. The molecule has 1 N–H and O–H groups in total. The topological polar surface area (TPSA) is 53.4 Å². The smallest absolute Gasteiger partial charge is 0.304 e. The first kappa shape index (κ1) is 12.5. The van der Waals surface area contributed by atoms with Gasteiger partial charge in [-0.2, -0.15) is 0 Å². The van der Waals surface area contributed by atoms with Gasteiger partial charge in [0.1, 0.15) is 5.01 Å². The molecule has 94 valence electrons. The predicted molar refractivity (Wildman–Crippen MR) is 67.3 cm³/mol. The summed E-state index contributed by atoms with van der Waals surface area (Å²) >= 11 is 1.69. The molecule has 1 unspecified atom stereocenters. The van der Waals surface area contributed by atoms with Crippen LogP contribution >= 0.6 is 11.3 Å². The molecule has 0 aromatic carbocycles. The molecule has 0 bridgehead atoms. The summed E-state index contributed by atoms with van der Waals surface area (Å²) in [5.41, 5.74) is 1.06. The second-order valence-electron chi connectivity index (χ2n) is 4.52. The van der Waals surface area contributed by atoms with E-state index in [1.54, 1.807) is 11.3 Å². The highest BCUT2D eigenvalue weighted by Gasteiger charge is 2.26. The molecule has 2 rings (SSSR count). The zero-order chi connectivity index (χ0) is 12.3. The molecule has 5 heteroatoms. The molecular formula is C12H18N2O2S. The molecule has 2 heterocycles. The molecule has 1 saturated heterocycles. The SMILES string of the molecule is Cc1csc(C2CCCCN2CCC(=O)O)n1. The van der Waals surface area contributed by atoms with Crippen molar-refractivity contribution in [1.82, 2.24) is 9.88 Å². The van der Waals surface area contributed by atoms with E-state index in [0.29, 0.717) is 12.6 Å². The molecule has 0 spiro atoms. The van der Waals surface area contributed by atoms with E-state index in [0.717, 1.165) is 23.7 Å². The van der Waals surface area contributed by atoms with Crippen LogP contribution in [0.4, 0.5) is 0 Å². The maximum absolute atomic E-state index is 10.6. The number of aryl methyl sites for hydroxylation is 1. The van der Waals surface area contributed by atoms with Crippen LogP contribution in [0.5, 0.6) is 0 Å². The average Bonchev–Trinajstić information content (AvgIpc) is 2.73. The molecule has 1 aliphatic rings. The molecule has 1 aliphatic heterocycles. The Morgan fingerprint density at radius 3 is 3.12 bits per heavy atom. The summed E-state index contributed by atoms with van der Waals surface area (Å²) in [7, 11) is 0. The fourth-order valence-electron chi connectivity index (χ4n) is 2.30. The summed E-state index contributed by atoms with van der Waals surface area (Å²) in [5, 5.41) is 12.0. The minimum atomic E-state index is -0.718. The number of piperidine rings is 1. The van der Waals surface area contributed by atoms with E-state index in [9.17, 15) is 4.79 Å². The third kappa shape index (κ3) is 3.26. The Balaban J connectivity index is 2.04. The van der Waals surface area contributed by atoms with Crippen LogP contribution in [0.2, 0.25) is 0 Å². The first-order valence-corrected chi connectivity index (χ1v) is 6.92. The second-order valence-corrected chi connectivity index (χ2v) is 5.41. The predicted octanol–water partition coefficient (Wildman–Crippen LogP) is 2.45. The summed E-state index contributed by atoms with van der Waals surface area (Å²) in [6.07, 6.45) is 3.71. The van der Waals surface area contributed by atoms with E-state index in [1.165, 1.54) is 12.8 Å². The summed E-state index contributed by atoms with van der Waals surface area (Å²) in [5.74, 6) is -0.718. The van der Waals surface area contributed by atoms with Crippen molar-refractivity contribution >= 4 is 17.3 Å². The number of nitrogens with zero attached hydrogens (tertiary/aromatic N) is 2. The van der Waals surface area contributed by atoms with Gasteiger partial charge in [0, 0.05) is 17.6 Å². The highest BCUT2D eigenvalue weighted by molar-refractivity contribution is 7.09. The number of carbonyl (C=O) groups is 1. The standard InChI is InChI=1S/C12H18N2O2S/c1-9-8-17-12(13-9)10-4-2-3-6-14(10)7-5-11(15)16/h8,10H,2-7H2,1H3,(H,15,16). The first-order chi connectivity index (χ1) is 8.16. The Labute approximate surface area is 105 Å². The summed E-state index contributed by atoms with van der Waals surface area (Å²) < 4.78 is 0. The zero-order valence-electron chi connectivity index (χ0n) is 10.1. The van der Waals surface area contributed by atoms with Gasteiger partial charge < -0.3 is 5.11 Å². The average molecular weight is 254 g/mol. The lowest BCUT2D eigenvalue weighted by Crippen LogP contribution is -2.35. The summed E-state index contributed by atoms with van der Waals surface area (Å²) in [4.78, 5) is 17.5. The zero-order valence-corrected chi connectivity index (χ0v) is 10.9. The van der Waals surface area contributed by atoms with Crippen molar-refractivity contribution in [2.24, 2.45) is 0 Å². The van der Waals surface area contributed by atoms with Crippen molar-refractivity contribution < 1.29 is 9.90 Å². The number of thiazole rings is 1. The Bertz CT molecular complexity index is 392. The lowest BCUT2D eigenvalue weighted by molar-refractivity contribution is -0.137. The molecule has 0 radical (unpaired) electrons. The summed E-state index contributed by atoms with van der Waals surface area (Å²) in [6.45, 7) is 3.64. The van der Waals surface area contributed by atoms with Crippen molar-refractivity contribution in [1.29, 1.82) is 0 Å². The van der Waals surface area contributed by atoms with Gasteiger partial charge in [0.15, 0.2) is 0 Å². The van der Waals surface area contributed by atoms with Gasteiger partial charge in [0.05, 0.1) is 12.5 Å². The van der Waals surface area contributed by atoms with Gasteiger partial charge in [-0.1, -0.05) is 6.42 Å². The molecule has 1 aromatic heterocycles. The van der Waals surface area contributed by atoms with Crippen LogP contribution < -0.4 is 0 Å². The van der Waals surface area contributed by atoms with E-state index in [-0.39, 0.29) is 6.42 Å².